The van der Waals surface area contributed by atoms with Crippen LogP contribution in [-0.2, 0) is 5.41 Å². The maximum atomic E-state index is 9.67. The molecule has 0 N–H and O–H groups in total. The van der Waals surface area contributed by atoms with Gasteiger partial charge in [0.15, 0.2) is 34.9 Å². The predicted molar refractivity (Wildman–Crippen MR) is 436 cm³/mol. The Morgan fingerprint density at radius 3 is 0.850 bits per heavy atom. The first kappa shape index (κ1) is 63.6. The fourth-order valence-corrected chi connectivity index (χ4v) is 15.5. The molecule has 0 spiro atoms. The Kier molecular flexibility index (Phi) is 15.8. The van der Waals surface area contributed by atoms with Crippen LogP contribution in [-0.4, -0.2) is 34.9 Å². The summed E-state index contributed by atoms with van der Waals surface area (Å²) in [5.74, 6) is 3.55. The molecule has 0 aliphatic heterocycles. The highest BCUT2D eigenvalue weighted by Gasteiger charge is 2.36. The van der Waals surface area contributed by atoms with Crippen molar-refractivity contribution in [3.8, 4) is 163 Å². The van der Waals surface area contributed by atoms with Gasteiger partial charge in [0.1, 0.15) is 0 Å². The third kappa shape index (κ3) is 11.8. The molecule has 8 nitrogen and oxygen atoms in total. The predicted octanol–water partition coefficient (Wildman–Crippen LogP) is 24.8. The molecule has 0 atom stereocenters. The van der Waals surface area contributed by atoms with Crippen molar-refractivity contribution in [3.63, 3.8) is 0 Å². The first-order valence-electron chi connectivity index (χ1n) is 36.0. The molecule has 19 rings (SSSR count). The van der Waals surface area contributed by atoms with Gasteiger partial charge in [0.2, 0.25) is 0 Å². The normalized spacial score (nSPS) is 12.1. The SMILES string of the molecule is CC1(C)c2cc(C#N)ccc2-c2ccc(-c3ccc(-c4ccc(-c5ccc(-c6nc(-c7ccccc7)nc(-c7ccc(-c8ccc(-c9nc(-c%10ccccc%10)nc(-c%10ccc(-c%11ccc(-c%12ccc(-c%13ccnc%14ccccc%13%14)cc%12)c%12ccccc%11%12)cc%10)n9)cc8)cc7)n6)cc5)c5ccccc45)cc3)cc21. The minimum atomic E-state index is -0.212. The van der Waals surface area contributed by atoms with E-state index in [4.69, 9.17) is 29.9 Å². The van der Waals surface area contributed by atoms with Crippen LogP contribution in [0.5, 0.6) is 0 Å². The molecule has 8 heteroatoms. The number of benzene rings is 15. The summed E-state index contributed by atoms with van der Waals surface area (Å²) in [6.45, 7) is 4.52. The molecular weight excluding hydrogens is 1300 g/mol. The average molecular weight is 1370 g/mol. The van der Waals surface area contributed by atoms with E-state index >= 15 is 0 Å². The van der Waals surface area contributed by atoms with Crippen LogP contribution < -0.4 is 0 Å². The van der Waals surface area contributed by atoms with Crippen molar-refractivity contribution in [1.29, 1.82) is 5.26 Å². The van der Waals surface area contributed by atoms with E-state index in [1.807, 2.05) is 79.0 Å². The van der Waals surface area contributed by atoms with Crippen LogP contribution in [0.15, 0.2) is 352 Å². The van der Waals surface area contributed by atoms with Crippen LogP contribution in [0.1, 0.15) is 30.5 Å². The molecule has 1 aliphatic rings. The summed E-state index contributed by atoms with van der Waals surface area (Å²) >= 11 is 0. The number of nitriles is 1. The van der Waals surface area contributed by atoms with E-state index in [0.717, 1.165) is 99.9 Å². The summed E-state index contributed by atoms with van der Waals surface area (Å²) in [5, 5.41) is 15.5. The standard InChI is InChI=1S/C99H64N8/c1-99(2)90-59-62(61-100)25-51-87(90)88-52-50-77(60-91(88)99)65-26-32-66(33-27-65)78-53-55-80(85-21-11-9-19-83(78)85)68-38-46-75(47-39-68)97-104-93(71-15-5-3-6-16-71)102-95(106-97)73-42-28-63(29-43-73)64-30-44-74(45-31-64)96-103-94(72-17-7-4-8-18-72)105-98(107-96)76-48-40-69(41-49-76)81-56-54-79(84-20-10-12-22-86(81)84)67-34-36-70(37-35-67)82-57-58-101-92-24-14-13-23-89(82)92/h3-60H,1-2H3. The van der Waals surface area contributed by atoms with Crippen molar-refractivity contribution >= 4 is 32.4 Å². The van der Waals surface area contributed by atoms with Gasteiger partial charge in [-0.2, -0.15) is 5.26 Å². The number of rotatable bonds is 13. The molecule has 0 saturated carbocycles. The van der Waals surface area contributed by atoms with Crippen LogP contribution >= 0.6 is 0 Å². The molecule has 0 amide bonds. The summed E-state index contributed by atoms with van der Waals surface area (Å²) in [5.41, 5.74) is 27.7. The molecule has 0 fully saturated rings. The van der Waals surface area contributed by atoms with Gasteiger partial charge in [0.25, 0.3) is 0 Å². The second-order valence-electron chi connectivity index (χ2n) is 27.9. The van der Waals surface area contributed by atoms with Crippen molar-refractivity contribution < 1.29 is 0 Å². The monoisotopic (exact) mass is 1360 g/mol. The van der Waals surface area contributed by atoms with Gasteiger partial charge in [0, 0.05) is 50.4 Å². The molecule has 0 unspecified atom stereocenters. The molecule has 15 aromatic carbocycles. The summed E-state index contributed by atoms with van der Waals surface area (Å²) < 4.78 is 0. The van der Waals surface area contributed by atoms with Gasteiger partial charge < -0.3 is 0 Å². The Morgan fingerprint density at radius 2 is 0.486 bits per heavy atom. The third-order valence-electron chi connectivity index (χ3n) is 21.2. The second kappa shape index (κ2) is 26.5. The molecule has 3 aromatic heterocycles. The van der Waals surface area contributed by atoms with Gasteiger partial charge in [-0.15, -0.1) is 0 Å². The smallest absolute Gasteiger partial charge is 0.164 e. The fraction of sp³-hybridized carbons (Fsp3) is 0.0303. The number of para-hydroxylation sites is 1. The molecule has 18 aromatic rings. The zero-order valence-electron chi connectivity index (χ0n) is 58.6. The van der Waals surface area contributed by atoms with E-state index in [1.54, 1.807) is 0 Å². The number of fused-ring (bicyclic) bond motifs is 6. The van der Waals surface area contributed by atoms with Crippen molar-refractivity contribution in [1.82, 2.24) is 34.9 Å². The van der Waals surface area contributed by atoms with E-state index in [0.29, 0.717) is 40.5 Å². The Labute approximate surface area is 620 Å². The number of hydrogen-bond donors (Lipinski definition) is 0. The van der Waals surface area contributed by atoms with Crippen LogP contribution in [0.4, 0.5) is 0 Å². The van der Waals surface area contributed by atoms with Crippen LogP contribution in [0, 0.1) is 11.3 Å². The Balaban J connectivity index is 0.571. The molecule has 0 saturated heterocycles. The lowest BCUT2D eigenvalue weighted by Crippen LogP contribution is -2.15. The topological polar surface area (TPSA) is 114 Å². The fourth-order valence-electron chi connectivity index (χ4n) is 15.5. The largest absolute Gasteiger partial charge is 0.256 e. The van der Waals surface area contributed by atoms with Gasteiger partial charge in [-0.25, -0.2) is 29.9 Å². The third-order valence-corrected chi connectivity index (χ3v) is 21.2. The van der Waals surface area contributed by atoms with Crippen molar-refractivity contribution in [2.75, 3.05) is 0 Å². The highest BCUT2D eigenvalue weighted by atomic mass is 15.0. The molecule has 500 valence electrons. The van der Waals surface area contributed by atoms with Crippen LogP contribution in [0.25, 0.3) is 190 Å². The molecular formula is C99H64N8. The molecule has 0 bridgehead atoms. The number of hydrogen-bond acceptors (Lipinski definition) is 8. The maximum Gasteiger partial charge on any atom is 0.164 e. The lowest BCUT2D eigenvalue weighted by atomic mass is 9.81. The first-order valence-corrected chi connectivity index (χ1v) is 36.0. The van der Waals surface area contributed by atoms with Gasteiger partial charge in [-0.1, -0.05) is 329 Å². The Morgan fingerprint density at radius 1 is 0.224 bits per heavy atom. The summed E-state index contributed by atoms with van der Waals surface area (Å²) in [4.78, 5) is 35.3. The number of nitrogens with zero attached hydrogens (tertiary/aromatic N) is 8. The van der Waals surface area contributed by atoms with Gasteiger partial charge in [-0.05, 0) is 152 Å². The van der Waals surface area contributed by atoms with Crippen LogP contribution in [0.2, 0.25) is 0 Å². The highest BCUT2D eigenvalue weighted by molar-refractivity contribution is 6.07. The molecule has 3 heterocycles. The summed E-state index contributed by atoms with van der Waals surface area (Å²) in [6, 6.07) is 124. The first-order chi connectivity index (χ1) is 52.7. The number of pyridine rings is 1. The zero-order chi connectivity index (χ0) is 71.5. The number of aromatic nitrogens is 7. The van der Waals surface area contributed by atoms with Gasteiger partial charge in [0.05, 0.1) is 17.1 Å². The minimum absolute atomic E-state index is 0.212. The maximum absolute atomic E-state index is 9.67. The molecule has 1 aliphatic carbocycles. The van der Waals surface area contributed by atoms with E-state index in [1.165, 1.54) is 66.1 Å². The van der Waals surface area contributed by atoms with E-state index in [2.05, 4.69) is 298 Å². The lowest BCUT2D eigenvalue weighted by molar-refractivity contribution is 0.660. The minimum Gasteiger partial charge on any atom is -0.256 e. The van der Waals surface area contributed by atoms with Crippen molar-refractivity contribution in [3.05, 3.63) is 369 Å². The molecule has 0 radical (unpaired) electrons. The van der Waals surface area contributed by atoms with E-state index in [9.17, 15) is 5.26 Å². The second-order valence-corrected chi connectivity index (χ2v) is 27.9. The zero-order valence-corrected chi connectivity index (χ0v) is 58.6. The van der Waals surface area contributed by atoms with E-state index < -0.39 is 0 Å². The average Bonchev–Trinajstić information content (AvgIpc) is 1.62. The van der Waals surface area contributed by atoms with E-state index in [-0.39, 0.29) is 5.41 Å². The quantitative estimate of drug-likeness (QED) is 0.112. The highest BCUT2D eigenvalue weighted by Crippen LogP contribution is 2.50. The van der Waals surface area contributed by atoms with Crippen molar-refractivity contribution in [2.45, 2.75) is 19.3 Å². The molecule has 107 heavy (non-hydrogen) atoms. The summed E-state index contributed by atoms with van der Waals surface area (Å²) in [6.07, 6.45) is 1.89. The van der Waals surface area contributed by atoms with Crippen LogP contribution in [0.3, 0.4) is 0 Å². The Hall–Kier alpha value is -14.3. The lowest BCUT2D eigenvalue weighted by Gasteiger charge is -2.22. The van der Waals surface area contributed by atoms with Crippen molar-refractivity contribution in [2.24, 2.45) is 0 Å². The van der Waals surface area contributed by atoms with Gasteiger partial charge in [-0.3, -0.25) is 4.98 Å². The van der Waals surface area contributed by atoms with Gasteiger partial charge >= 0.3 is 0 Å². The Bertz CT molecular complexity index is 6520. The summed E-state index contributed by atoms with van der Waals surface area (Å²) in [7, 11) is 0.